The number of halogens is 1. The molecule has 9 heteroatoms. The molecule has 3 aliphatic heterocycles. The van der Waals surface area contributed by atoms with Gasteiger partial charge in [0, 0.05) is 36.9 Å². The average molecular weight is 470 g/mol. The van der Waals surface area contributed by atoms with Gasteiger partial charge in [0.15, 0.2) is 0 Å². The predicted octanol–water partition coefficient (Wildman–Crippen LogP) is 2.78. The molecule has 3 heterocycles. The summed E-state index contributed by atoms with van der Waals surface area (Å²) in [7, 11) is 3.41. The Morgan fingerprint density at radius 3 is 2.67 bits per heavy atom. The maximum absolute atomic E-state index is 13.7. The molecular weight excluding hydrogens is 442 g/mol. The topological polar surface area (TPSA) is 68.4 Å². The van der Waals surface area contributed by atoms with E-state index in [2.05, 4.69) is 22.0 Å². The molecule has 0 saturated carbocycles. The first-order valence-corrected chi connectivity index (χ1v) is 11.5. The fraction of sp³-hybridized carbons (Fsp3) is 0.417. The number of methoxy groups -OCH3 is 1. The molecule has 8 nitrogen and oxygen atoms in total. The summed E-state index contributed by atoms with van der Waals surface area (Å²) in [6.07, 6.45) is -0.599. The molecule has 0 aromatic heterocycles. The zero-order chi connectivity index (χ0) is 23.3. The molecule has 1 N–H and O–H groups in total. The number of carbonyl (C=O) groups is 2. The molecule has 2 aromatic rings. The fourth-order valence-electron chi connectivity index (χ4n) is 5.17. The van der Waals surface area contributed by atoms with E-state index in [-0.39, 0.29) is 24.8 Å². The summed E-state index contributed by atoms with van der Waals surface area (Å²) in [6.45, 7) is 3.97. The van der Waals surface area contributed by atoms with Crippen LogP contribution in [0.1, 0.15) is 12.5 Å². The van der Waals surface area contributed by atoms with E-state index in [9.17, 15) is 9.59 Å². The number of nitrogens with zero attached hydrogens (tertiary/aromatic N) is 4. The largest absolute Gasteiger partial charge is 0.497 e. The minimum absolute atomic E-state index is 0.183. The van der Waals surface area contributed by atoms with Gasteiger partial charge in [0.2, 0.25) is 0 Å². The standard InChI is InChI=1S/C24H28ClN5O3/c1-15-12-28(18-8-5-9-19(11-18)33-3)23-26-21-20(29(23)13-15)22(31)30(24(32)27(21)2)14-16-6-4-7-17(25)10-16/h4-11,15,20-21,23,26H,12-14H2,1-3H3. The number of imide groups is 1. The first-order chi connectivity index (χ1) is 15.9. The van der Waals surface area contributed by atoms with Crippen molar-refractivity contribution in [1.29, 1.82) is 0 Å². The van der Waals surface area contributed by atoms with Gasteiger partial charge in [-0.1, -0.05) is 36.7 Å². The van der Waals surface area contributed by atoms with E-state index in [4.69, 9.17) is 16.3 Å². The number of amides is 3. The van der Waals surface area contributed by atoms with Crippen LogP contribution in [0, 0.1) is 5.92 Å². The number of likely N-dealkylation sites (N-methyl/N-ethyl adjacent to an activating group) is 1. The van der Waals surface area contributed by atoms with Crippen LogP contribution in [-0.4, -0.2) is 72.4 Å². The van der Waals surface area contributed by atoms with Gasteiger partial charge in [0.25, 0.3) is 5.91 Å². The average Bonchev–Trinajstić information content (AvgIpc) is 3.19. The Morgan fingerprint density at radius 1 is 1.12 bits per heavy atom. The molecule has 0 spiro atoms. The number of anilines is 1. The highest BCUT2D eigenvalue weighted by molar-refractivity contribution is 6.30. The van der Waals surface area contributed by atoms with Gasteiger partial charge in [-0.3, -0.25) is 19.9 Å². The minimum atomic E-state index is -0.465. The van der Waals surface area contributed by atoms with E-state index in [0.29, 0.717) is 10.9 Å². The number of hydrogen-bond acceptors (Lipinski definition) is 6. The molecule has 3 amide bonds. The number of urea groups is 1. The summed E-state index contributed by atoms with van der Waals surface area (Å²) in [5.41, 5.74) is 1.84. The Morgan fingerprint density at radius 2 is 1.91 bits per heavy atom. The maximum Gasteiger partial charge on any atom is 0.328 e. The molecule has 4 unspecified atom stereocenters. The molecule has 3 fully saturated rings. The Hall–Kier alpha value is -2.81. The highest BCUT2D eigenvalue weighted by atomic mass is 35.5. The second kappa shape index (κ2) is 8.52. The molecule has 0 bridgehead atoms. The van der Waals surface area contributed by atoms with E-state index in [1.165, 1.54) is 4.90 Å². The Labute approximate surface area is 198 Å². The van der Waals surface area contributed by atoms with Gasteiger partial charge in [-0.15, -0.1) is 0 Å². The zero-order valence-electron chi connectivity index (χ0n) is 18.9. The van der Waals surface area contributed by atoms with Gasteiger partial charge in [0.05, 0.1) is 13.7 Å². The Kier molecular flexibility index (Phi) is 5.68. The van der Waals surface area contributed by atoms with Crippen LogP contribution in [-0.2, 0) is 11.3 Å². The van der Waals surface area contributed by atoms with E-state index in [1.54, 1.807) is 31.2 Å². The quantitative estimate of drug-likeness (QED) is 0.742. The van der Waals surface area contributed by atoms with Crippen LogP contribution in [0.25, 0.3) is 0 Å². The van der Waals surface area contributed by atoms with Gasteiger partial charge < -0.3 is 14.5 Å². The Bertz CT molecular complexity index is 1080. The second-order valence-electron chi connectivity index (χ2n) is 9.03. The third-order valence-electron chi connectivity index (χ3n) is 6.70. The summed E-state index contributed by atoms with van der Waals surface area (Å²) >= 11 is 6.12. The van der Waals surface area contributed by atoms with Crippen LogP contribution in [0.4, 0.5) is 10.5 Å². The third-order valence-corrected chi connectivity index (χ3v) is 6.94. The lowest BCUT2D eigenvalue weighted by atomic mass is 10.0. The van der Waals surface area contributed by atoms with Crippen molar-refractivity contribution in [2.45, 2.75) is 32.0 Å². The van der Waals surface area contributed by atoms with Gasteiger partial charge >= 0.3 is 6.03 Å². The van der Waals surface area contributed by atoms with Crippen molar-refractivity contribution in [3.63, 3.8) is 0 Å². The molecular formula is C24H28ClN5O3. The number of nitrogens with one attached hydrogen (secondary N) is 1. The third kappa shape index (κ3) is 3.82. The van der Waals surface area contributed by atoms with Gasteiger partial charge in [-0.25, -0.2) is 4.79 Å². The van der Waals surface area contributed by atoms with Crippen molar-refractivity contribution < 1.29 is 14.3 Å². The normalized spacial score (nSPS) is 27.6. The van der Waals surface area contributed by atoms with Crippen molar-refractivity contribution in [3.8, 4) is 5.75 Å². The van der Waals surface area contributed by atoms with E-state index < -0.39 is 12.2 Å². The number of benzene rings is 2. The van der Waals surface area contributed by atoms with Crippen molar-refractivity contribution in [2.24, 2.45) is 5.92 Å². The second-order valence-corrected chi connectivity index (χ2v) is 9.47. The van der Waals surface area contributed by atoms with Crippen LogP contribution >= 0.6 is 11.6 Å². The summed E-state index contributed by atoms with van der Waals surface area (Å²) < 4.78 is 5.42. The molecule has 5 rings (SSSR count). The lowest BCUT2D eigenvalue weighted by Gasteiger charge is -2.46. The van der Waals surface area contributed by atoms with Crippen molar-refractivity contribution in [3.05, 3.63) is 59.1 Å². The number of carbonyl (C=O) groups excluding carboxylic acids is 2. The summed E-state index contributed by atoms with van der Waals surface area (Å²) in [5.74, 6) is 0.937. The van der Waals surface area contributed by atoms with Gasteiger partial charge in [-0.2, -0.15) is 0 Å². The Balaban J connectivity index is 1.46. The molecule has 0 radical (unpaired) electrons. The fourth-order valence-corrected chi connectivity index (χ4v) is 5.38. The van der Waals surface area contributed by atoms with Crippen LogP contribution in [0.2, 0.25) is 5.02 Å². The lowest BCUT2D eigenvalue weighted by molar-refractivity contribution is -0.139. The van der Waals surface area contributed by atoms with Crippen molar-refractivity contribution in [2.75, 3.05) is 32.1 Å². The molecule has 4 atom stereocenters. The molecule has 3 aliphatic rings. The maximum atomic E-state index is 13.7. The summed E-state index contributed by atoms with van der Waals surface area (Å²) in [5, 5.41) is 4.13. The number of hydrogen-bond donors (Lipinski definition) is 1. The van der Waals surface area contributed by atoms with Crippen LogP contribution < -0.4 is 15.0 Å². The predicted molar refractivity (Wildman–Crippen MR) is 126 cm³/mol. The van der Waals surface area contributed by atoms with E-state index in [1.807, 2.05) is 36.4 Å². The first-order valence-electron chi connectivity index (χ1n) is 11.1. The zero-order valence-corrected chi connectivity index (χ0v) is 19.7. The highest BCUT2D eigenvalue weighted by Crippen LogP contribution is 2.35. The molecule has 33 heavy (non-hydrogen) atoms. The number of ether oxygens (including phenoxy) is 1. The van der Waals surface area contributed by atoms with Crippen LogP contribution in [0.5, 0.6) is 5.75 Å². The van der Waals surface area contributed by atoms with Crippen molar-refractivity contribution >= 4 is 29.2 Å². The first kappa shape index (κ1) is 22.0. The van der Waals surface area contributed by atoms with Crippen LogP contribution in [0.3, 0.4) is 0 Å². The smallest absolute Gasteiger partial charge is 0.328 e. The monoisotopic (exact) mass is 469 g/mol. The van der Waals surface area contributed by atoms with Crippen molar-refractivity contribution in [1.82, 2.24) is 20.0 Å². The SMILES string of the molecule is COc1cccc(N2CC(C)CN3C4C(=O)N(Cc5cccc(Cl)c5)C(=O)N(C)C4NC23)c1. The van der Waals surface area contributed by atoms with Gasteiger partial charge in [0.1, 0.15) is 24.2 Å². The summed E-state index contributed by atoms with van der Waals surface area (Å²) in [6, 6.07) is 14.4. The molecule has 3 saturated heterocycles. The summed E-state index contributed by atoms with van der Waals surface area (Å²) in [4.78, 5) is 34.3. The van der Waals surface area contributed by atoms with Gasteiger partial charge in [-0.05, 0) is 35.7 Å². The number of fused-ring (bicyclic) bond motifs is 3. The molecule has 174 valence electrons. The molecule has 2 aromatic carbocycles. The highest BCUT2D eigenvalue weighted by Gasteiger charge is 2.56. The van der Waals surface area contributed by atoms with E-state index >= 15 is 0 Å². The van der Waals surface area contributed by atoms with Crippen LogP contribution in [0.15, 0.2) is 48.5 Å². The minimum Gasteiger partial charge on any atom is -0.497 e. The lowest BCUT2D eigenvalue weighted by Crippen LogP contribution is -2.66. The number of rotatable bonds is 4. The molecule has 0 aliphatic carbocycles. The van der Waals surface area contributed by atoms with E-state index in [0.717, 1.165) is 30.1 Å².